The predicted molar refractivity (Wildman–Crippen MR) is 65.2 cm³/mol. The van der Waals surface area contributed by atoms with Crippen molar-refractivity contribution in [2.24, 2.45) is 16.6 Å². The molecule has 0 aromatic heterocycles. The Hall–Kier alpha value is -1.26. The molecule has 0 aromatic rings. The van der Waals surface area contributed by atoms with E-state index in [1.807, 2.05) is 19.0 Å². The molecule has 1 unspecified atom stereocenters. The second kappa shape index (κ2) is 5.72. The van der Waals surface area contributed by atoms with Gasteiger partial charge in [0.2, 0.25) is 5.91 Å². The smallest absolute Gasteiger partial charge is 0.217 e. The number of guanidine groups is 1. The Morgan fingerprint density at radius 2 is 2.25 bits per heavy atom. The summed E-state index contributed by atoms with van der Waals surface area (Å²) in [5.74, 6) is 1.16. The van der Waals surface area contributed by atoms with Crippen LogP contribution >= 0.6 is 0 Å². The lowest BCUT2D eigenvalue weighted by Gasteiger charge is -2.36. The highest BCUT2D eigenvalue weighted by Gasteiger charge is 2.24. The molecule has 1 rings (SSSR count). The van der Waals surface area contributed by atoms with Crippen molar-refractivity contribution in [3.63, 3.8) is 0 Å². The Morgan fingerprint density at radius 1 is 1.56 bits per heavy atom. The fourth-order valence-corrected chi connectivity index (χ4v) is 2.32. The normalized spacial score (nSPS) is 22.1. The molecule has 1 heterocycles. The van der Waals surface area contributed by atoms with Gasteiger partial charge in [-0.3, -0.25) is 9.79 Å². The summed E-state index contributed by atoms with van der Waals surface area (Å²) in [6.45, 7) is 1.90. The number of carbonyl (C=O) groups excluding carboxylic acids is 1. The topological polar surface area (TPSA) is 61.9 Å². The van der Waals surface area contributed by atoms with Gasteiger partial charge in [0.15, 0.2) is 5.96 Å². The number of primary amides is 1. The number of likely N-dealkylation sites (tertiary alicyclic amines) is 1. The summed E-state index contributed by atoms with van der Waals surface area (Å²) >= 11 is 0. The monoisotopic (exact) mass is 226 g/mol. The van der Waals surface area contributed by atoms with Gasteiger partial charge < -0.3 is 15.5 Å². The highest BCUT2D eigenvalue weighted by Crippen LogP contribution is 2.19. The van der Waals surface area contributed by atoms with Crippen molar-refractivity contribution in [3.05, 3.63) is 0 Å². The predicted octanol–water partition coefficient (Wildman–Crippen LogP) is 0.121. The van der Waals surface area contributed by atoms with E-state index in [9.17, 15) is 4.79 Å². The van der Waals surface area contributed by atoms with Gasteiger partial charge in [-0.2, -0.15) is 0 Å². The van der Waals surface area contributed by atoms with Gasteiger partial charge in [-0.1, -0.05) is 0 Å². The molecule has 1 amide bonds. The van der Waals surface area contributed by atoms with Gasteiger partial charge in [0.25, 0.3) is 0 Å². The van der Waals surface area contributed by atoms with Gasteiger partial charge in [-0.05, 0) is 18.8 Å². The molecule has 1 atom stereocenters. The van der Waals surface area contributed by atoms with E-state index >= 15 is 0 Å². The summed E-state index contributed by atoms with van der Waals surface area (Å²) in [5, 5.41) is 0. The molecular formula is C11H22N4O. The van der Waals surface area contributed by atoms with Crippen LogP contribution in [0.5, 0.6) is 0 Å². The molecule has 0 aromatic carbocycles. The first kappa shape index (κ1) is 12.8. The number of aliphatic imine (C=N–C) groups is 1. The lowest BCUT2D eigenvalue weighted by molar-refractivity contribution is -0.119. The summed E-state index contributed by atoms with van der Waals surface area (Å²) in [6.07, 6.45) is 2.68. The van der Waals surface area contributed by atoms with E-state index < -0.39 is 0 Å². The third-order valence-electron chi connectivity index (χ3n) is 2.89. The van der Waals surface area contributed by atoms with Crippen molar-refractivity contribution in [2.45, 2.75) is 19.3 Å². The van der Waals surface area contributed by atoms with Crippen molar-refractivity contribution in [3.8, 4) is 0 Å². The molecule has 0 bridgehead atoms. The van der Waals surface area contributed by atoms with Gasteiger partial charge in [-0.15, -0.1) is 0 Å². The molecule has 5 nitrogen and oxygen atoms in total. The third kappa shape index (κ3) is 3.40. The Bertz CT molecular complexity index is 275. The number of hydrogen-bond donors (Lipinski definition) is 1. The number of nitrogens with zero attached hydrogens (tertiary/aromatic N) is 3. The summed E-state index contributed by atoms with van der Waals surface area (Å²) < 4.78 is 0. The van der Waals surface area contributed by atoms with Gasteiger partial charge in [0.05, 0.1) is 0 Å². The molecule has 1 aliphatic heterocycles. The fraction of sp³-hybridized carbons (Fsp3) is 0.818. The Kier molecular flexibility index (Phi) is 4.58. The Balaban J connectivity index is 2.59. The molecule has 1 aliphatic rings. The van der Waals surface area contributed by atoms with E-state index in [-0.39, 0.29) is 5.91 Å². The zero-order valence-corrected chi connectivity index (χ0v) is 10.4. The van der Waals surface area contributed by atoms with Gasteiger partial charge in [0.1, 0.15) is 0 Å². The maximum absolute atomic E-state index is 10.9. The summed E-state index contributed by atoms with van der Waals surface area (Å²) in [7, 11) is 5.77. The summed E-state index contributed by atoms with van der Waals surface area (Å²) in [6, 6.07) is 0. The van der Waals surface area contributed by atoms with Crippen LogP contribution in [0.1, 0.15) is 19.3 Å². The van der Waals surface area contributed by atoms with Crippen LogP contribution in [0.15, 0.2) is 4.99 Å². The van der Waals surface area contributed by atoms with Crippen LogP contribution in [0.25, 0.3) is 0 Å². The zero-order chi connectivity index (χ0) is 12.1. The van der Waals surface area contributed by atoms with E-state index in [2.05, 4.69) is 9.89 Å². The van der Waals surface area contributed by atoms with Crippen molar-refractivity contribution in [1.29, 1.82) is 0 Å². The summed E-state index contributed by atoms with van der Waals surface area (Å²) in [5.41, 5.74) is 5.24. The first-order valence-corrected chi connectivity index (χ1v) is 5.72. The van der Waals surface area contributed by atoms with E-state index in [4.69, 9.17) is 5.73 Å². The molecule has 5 heteroatoms. The molecule has 0 saturated carbocycles. The van der Waals surface area contributed by atoms with Gasteiger partial charge >= 0.3 is 0 Å². The fourth-order valence-electron chi connectivity index (χ4n) is 2.32. The quantitative estimate of drug-likeness (QED) is 0.537. The largest absolute Gasteiger partial charge is 0.370 e. The summed E-state index contributed by atoms with van der Waals surface area (Å²) in [4.78, 5) is 19.4. The molecule has 0 aliphatic carbocycles. The highest BCUT2D eigenvalue weighted by molar-refractivity contribution is 5.80. The maximum Gasteiger partial charge on any atom is 0.217 e. The molecule has 16 heavy (non-hydrogen) atoms. The van der Waals surface area contributed by atoms with E-state index in [0.717, 1.165) is 31.9 Å². The van der Waals surface area contributed by atoms with Crippen LogP contribution < -0.4 is 5.73 Å². The first-order chi connectivity index (χ1) is 7.54. The molecule has 0 radical (unpaired) electrons. The minimum atomic E-state index is -0.202. The second-order valence-corrected chi connectivity index (χ2v) is 4.54. The Labute approximate surface area is 97.3 Å². The minimum absolute atomic E-state index is 0.202. The molecule has 92 valence electrons. The van der Waals surface area contributed by atoms with Crippen molar-refractivity contribution in [2.75, 3.05) is 34.2 Å². The van der Waals surface area contributed by atoms with E-state index in [1.165, 1.54) is 0 Å². The van der Waals surface area contributed by atoms with Crippen LogP contribution in [0.4, 0.5) is 0 Å². The van der Waals surface area contributed by atoms with E-state index in [0.29, 0.717) is 12.3 Å². The highest BCUT2D eigenvalue weighted by atomic mass is 16.1. The van der Waals surface area contributed by atoms with Gasteiger partial charge in [0, 0.05) is 40.7 Å². The number of hydrogen-bond acceptors (Lipinski definition) is 2. The minimum Gasteiger partial charge on any atom is -0.370 e. The van der Waals surface area contributed by atoms with Crippen LogP contribution in [0, 0.1) is 5.92 Å². The number of nitrogens with two attached hydrogens (primary N) is 1. The lowest BCUT2D eigenvalue weighted by atomic mass is 9.95. The number of amides is 1. The SMILES string of the molecule is CN=C(N(C)C)N1CCCC(CC(N)=O)C1. The van der Waals surface area contributed by atoms with Crippen molar-refractivity contribution < 1.29 is 4.79 Å². The van der Waals surface area contributed by atoms with Crippen LogP contribution in [-0.2, 0) is 4.79 Å². The molecular weight excluding hydrogens is 204 g/mol. The second-order valence-electron chi connectivity index (χ2n) is 4.54. The van der Waals surface area contributed by atoms with E-state index in [1.54, 1.807) is 7.05 Å². The molecule has 0 spiro atoms. The third-order valence-corrected chi connectivity index (χ3v) is 2.89. The van der Waals surface area contributed by atoms with Crippen LogP contribution in [0.3, 0.4) is 0 Å². The Morgan fingerprint density at radius 3 is 2.75 bits per heavy atom. The van der Waals surface area contributed by atoms with Gasteiger partial charge in [-0.25, -0.2) is 0 Å². The number of rotatable bonds is 2. The average molecular weight is 226 g/mol. The van der Waals surface area contributed by atoms with Crippen LogP contribution in [-0.4, -0.2) is 55.9 Å². The zero-order valence-electron chi connectivity index (χ0n) is 10.4. The first-order valence-electron chi connectivity index (χ1n) is 5.72. The number of piperidine rings is 1. The lowest BCUT2D eigenvalue weighted by Crippen LogP contribution is -2.46. The van der Waals surface area contributed by atoms with Crippen LogP contribution in [0.2, 0.25) is 0 Å². The molecule has 1 fully saturated rings. The average Bonchev–Trinajstić information content (AvgIpc) is 2.17. The van der Waals surface area contributed by atoms with Crippen molar-refractivity contribution >= 4 is 11.9 Å². The molecule has 2 N–H and O–H groups in total. The molecule has 1 saturated heterocycles. The standard InChI is InChI=1S/C11H22N4O/c1-13-11(14(2)3)15-6-4-5-9(8-15)7-10(12)16/h9H,4-8H2,1-3H3,(H2,12,16). The number of carbonyl (C=O) groups is 1. The van der Waals surface area contributed by atoms with Crippen molar-refractivity contribution in [1.82, 2.24) is 9.80 Å². The maximum atomic E-state index is 10.9.